The molecule has 1 aromatic heterocycles. The summed E-state index contributed by atoms with van der Waals surface area (Å²) in [4.78, 5) is 15.0. The van der Waals surface area contributed by atoms with E-state index in [1.165, 1.54) is 37.4 Å². The number of aryl methyl sites for hydroxylation is 1. The van der Waals surface area contributed by atoms with Crippen molar-refractivity contribution in [1.82, 2.24) is 9.55 Å². The standard InChI is InChI=1S/C14H20N2O2S/c1-9-6-15-14(19-8-13(17)18)16(9)7-12-5-10-2-3-11(12)4-10/h6,10-12H,2-5,7-8H2,1H3,(H,17,18). The lowest BCUT2D eigenvalue weighted by Gasteiger charge is -2.23. The number of aromatic nitrogens is 2. The normalized spacial score (nSPS) is 29.0. The molecule has 2 saturated carbocycles. The fourth-order valence-electron chi connectivity index (χ4n) is 3.74. The Bertz CT molecular complexity index is 486. The Morgan fingerprint density at radius 1 is 1.53 bits per heavy atom. The van der Waals surface area contributed by atoms with E-state index in [9.17, 15) is 4.79 Å². The van der Waals surface area contributed by atoms with Crippen LogP contribution in [0.4, 0.5) is 0 Å². The number of imidazole rings is 1. The molecule has 2 aliphatic rings. The van der Waals surface area contributed by atoms with Crippen LogP contribution >= 0.6 is 11.8 Å². The minimum atomic E-state index is -0.780. The summed E-state index contributed by atoms with van der Waals surface area (Å²) < 4.78 is 2.22. The lowest BCUT2D eigenvalue weighted by Crippen LogP contribution is -2.18. The minimum Gasteiger partial charge on any atom is -0.481 e. The maximum atomic E-state index is 10.7. The highest BCUT2D eigenvalue weighted by Crippen LogP contribution is 2.49. The molecule has 1 heterocycles. The average Bonchev–Trinajstić information content (AvgIpc) is 3.05. The molecule has 1 N–H and O–H groups in total. The molecule has 0 aliphatic heterocycles. The van der Waals surface area contributed by atoms with Gasteiger partial charge in [0.2, 0.25) is 0 Å². The zero-order valence-corrected chi connectivity index (χ0v) is 12.0. The van der Waals surface area contributed by atoms with E-state index in [4.69, 9.17) is 5.11 Å². The number of carboxylic acid groups (broad SMARTS) is 1. The van der Waals surface area contributed by atoms with Crippen molar-refractivity contribution in [2.45, 2.75) is 44.3 Å². The number of hydrogen-bond donors (Lipinski definition) is 1. The van der Waals surface area contributed by atoms with Gasteiger partial charge in [0.25, 0.3) is 0 Å². The first-order chi connectivity index (χ1) is 9.13. The quantitative estimate of drug-likeness (QED) is 0.843. The summed E-state index contributed by atoms with van der Waals surface area (Å²) >= 11 is 1.33. The van der Waals surface area contributed by atoms with E-state index in [1.54, 1.807) is 0 Å². The van der Waals surface area contributed by atoms with Crippen LogP contribution in [0.1, 0.15) is 31.4 Å². The van der Waals surface area contributed by atoms with E-state index >= 15 is 0 Å². The van der Waals surface area contributed by atoms with Gasteiger partial charge >= 0.3 is 5.97 Å². The van der Waals surface area contributed by atoms with Gasteiger partial charge in [-0.1, -0.05) is 18.2 Å². The van der Waals surface area contributed by atoms with E-state index in [0.29, 0.717) is 0 Å². The summed E-state index contributed by atoms with van der Waals surface area (Å²) in [6.45, 7) is 3.08. The molecule has 3 unspecified atom stereocenters. The monoisotopic (exact) mass is 280 g/mol. The smallest absolute Gasteiger partial charge is 0.313 e. The minimum absolute atomic E-state index is 0.0904. The van der Waals surface area contributed by atoms with Crippen LogP contribution in [0.2, 0.25) is 0 Å². The van der Waals surface area contributed by atoms with Gasteiger partial charge in [-0.25, -0.2) is 4.98 Å². The Hall–Kier alpha value is -0.970. The second kappa shape index (κ2) is 5.19. The molecule has 0 saturated heterocycles. The van der Waals surface area contributed by atoms with Crippen LogP contribution in [0.15, 0.2) is 11.4 Å². The van der Waals surface area contributed by atoms with E-state index < -0.39 is 5.97 Å². The van der Waals surface area contributed by atoms with E-state index in [0.717, 1.165) is 35.1 Å². The van der Waals surface area contributed by atoms with Crippen LogP contribution in [0.25, 0.3) is 0 Å². The van der Waals surface area contributed by atoms with E-state index in [2.05, 4.69) is 16.5 Å². The van der Waals surface area contributed by atoms with Gasteiger partial charge in [0.1, 0.15) is 0 Å². The number of nitrogens with zero attached hydrogens (tertiary/aromatic N) is 2. The third-order valence-electron chi connectivity index (χ3n) is 4.64. The molecule has 3 rings (SSSR count). The number of rotatable bonds is 5. The summed E-state index contributed by atoms with van der Waals surface area (Å²) in [5.41, 5.74) is 1.15. The first kappa shape index (κ1) is 13.0. The summed E-state index contributed by atoms with van der Waals surface area (Å²) in [7, 11) is 0. The Kier molecular flexibility index (Phi) is 3.56. The molecule has 4 nitrogen and oxygen atoms in total. The third kappa shape index (κ3) is 2.66. The van der Waals surface area contributed by atoms with E-state index in [-0.39, 0.29) is 5.75 Å². The Morgan fingerprint density at radius 3 is 3.00 bits per heavy atom. The number of carboxylic acids is 1. The Morgan fingerprint density at radius 2 is 2.37 bits per heavy atom. The van der Waals surface area contributed by atoms with Gasteiger partial charge in [0.05, 0.1) is 5.75 Å². The molecule has 0 amide bonds. The molecule has 3 atom stereocenters. The first-order valence-corrected chi connectivity index (χ1v) is 7.98. The topological polar surface area (TPSA) is 55.1 Å². The van der Waals surface area contributed by atoms with Crippen molar-refractivity contribution in [3.05, 3.63) is 11.9 Å². The Labute approximate surface area is 117 Å². The maximum absolute atomic E-state index is 10.7. The molecule has 0 spiro atoms. The predicted molar refractivity (Wildman–Crippen MR) is 74.3 cm³/mol. The van der Waals surface area contributed by atoms with E-state index in [1.807, 2.05) is 6.20 Å². The molecule has 2 bridgehead atoms. The molecular weight excluding hydrogens is 260 g/mol. The van der Waals surface area contributed by atoms with Crippen LogP contribution in [0.3, 0.4) is 0 Å². The highest BCUT2D eigenvalue weighted by molar-refractivity contribution is 7.99. The maximum Gasteiger partial charge on any atom is 0.313 e. The molecule has 1 aromatic rings. The number of aliphatic carboxylic acids is 1. The number of hydrogen-bond acceptors (Lipinski definition) is 3. The van der Waals surface area contributed by atoms with Crippen molar-refractivity contribution in [2.75, 3.05) is 5.75 Å². The number of fused-ring (bicyclic) bond motifs is 2. The molecule has 0 aromatic carbocycles. The lowest BCUT2D eigenvalue weighted by molar-refractivity contribution is -0.133. The lowest BCUT2D eigenvalue weighted by atomic mass is 9.89. The average molecular weight is 280 g/mol. The van der Waals surface area contributed by atoms with Gasteiger partial charge in [0, 0.05) is 18.4 Å². The largest absolute Gasteiger partial charge is 0.481 e. The van der Waals surface area contributed by atoms with Crippen molar-refractivity contribution in [3.63, 3.8) is 0 Å². The van der Waals surface area contributed by atoms with Gasteiger partial charge in [-0.15, -0.1) is 0 Å². The van der Waals surface area contributed by atoms with Gasteiger partial charge < -0.3 is 9.67 Å². The fourth-order valence-corrected chi connectivity index (χ4v) is 4.49. The second-order valence-corrected chi connectivity index (χ2v) is 6.85. The molecule has 19 heavy (non-hydrogen) atoms. The third-order valence-corrected chi connectivity index (χ3v) is 5.62. The highest BCUT2D eigenvalue weighted by Gasteiger charge is 2.39. The highest BCUT2D eigenvalue weighted by atomic mass is 32.2. The SMILES string of the molecule is Cc1cnc(SCC(=O)O)n1CC1CC2CCC1C2. The first-order valence-electron chi connectivity index (χ1n) is 7.00. The zero-order valence-electron chi connectivity index (χ0n) is 11.2. The molecule has 2 aliphatic carbocycles. The van der Waals surface area contributed by atoms with Crippen molar-refractivity contribution >= 4 is 17.7 Å². The van der Waals surface area contributed by atoms with Crippen LogP contribution < -0.4 is 0 Å². The summed E-state index contributed by atoms with van der Waals surface area (Å²) in [5.74, 6) is 1.93. The van der Waals surface area contributed by atoms with Crippen molar-refractivity contribution in [1.29, 1.82) is 0 Å². The van der Waals surface area contributed by atoms with Crippen LogP contribution in [0.5, 0.6) is 0 Å². The van der Waals surface area contributed by atoms with Crippen LogP contribution in [-0.4, -0.2) is 26.4 Å². The second-order valence-electron chi connectivity index (χ2n) is 5.91. The predicted octanol–water partition coefficient (Wildman–Crippen LogP) is 2.80. The number of thioether (sulfide) groups is 1. The van der Waals surface area contributed by atoms with Gasteiger partial charge in [-0.05, 0) is 43.9 Å². The van der Waals surface area contributed by atoms with Gasteiger partial charge in [-0.3, -0.25) is 4.79 Å². The van der Waals surface area contributed by atoms with Crippen molar-refractivity contribution in [2.24, 2.45) is 17.8 Å². The molecule has 0 radical (unpaired) electrons. The van der Waals surface area contributed by atoms with Gasteiger partial charge in [0.15, 0.2) is 5.16 Å². The van der Waals surface area contributed by atoms with Gasteiger partial charge in [-0.2, -0.15) is 0 Å². The Balaban J connectivity index is 1.69. The fraction of sp³-hybridized carbons (Fsp3) is 0.714. The van der Waals surface area contributed by atoms with Crippen LogP contribution in [-0.2, 0) is 11.3 Å². The summed E-state index contributed by atoms with van der Waals surface area (Å²) in [6, 6.07) is 0. The summed E-state index contributed by atoms with van der Waals surface area (Å²) in [5, 5.41) is 9.65. The molecule has 2 fully saturated rings. The van der Waals surface area contributed by atoms with Crippen molar-refractivity contribution in [3.8, 4) is 0 Å². The zero-order chi connectivity index (χ0) is 13.4. The van der Waals surface area contributed by atoms with Crippen LogP contribution in [0, 0.1) is 24.7 Å². The summed E-state index contributed by atoms with van der Waals surface area (Å²) in [6.07, 6.45) is 7.43. The number of carbonyl (C=O) groups is 1. The molecule has 5 heteroatoms. The molecular formula is C14H20N2O2S. The molecule has 104 valence electrons. The van der Waals surface area contributed by atoms with Crippen molar-refractivity contribution < 1.29 is 9.90 Å².